The maximum Gasteiger partial charge on any atom is 0.473 e. The number of aliphatic hydroxyl groups is 2. The van der Waals surface area contributed by atoms with Gasteiger partial charge in [0.15, 0.2) is 6.29 Å². The molecule has 1 fully saturated rings. The minimum absolute atomic E-state index is 0.152. The number of azide groups is 1. The van der Waals surface area contributed by atoms with E-state index in [0.29, 0.717) is 19.3 Å². The fourth-order valence-electron chi connectivity index (χ4n) is 2.83. The molecule has 0 aromatic heterocycles. The SMILES string of the molecule is COP(=O)(O)OCNC(=O)CCCCCOC1OC(CN=[N+]=[N-])C(O)C(O)C1NC(C)=O. The van der Waals surface area contributed by atoms with Gasteiger partial charge in [-0.3, -0.25) is 18.6 Å². The maximum atomic E-state index is 11.7. The summed E-state index contributed by atoms with van der Waals surface area (Å²) in [5.74, 6) is -0.827. The first-order chi connectivity index (χ1) is 15.1. The van der Waals surface area contributed by atoms with E-state index in [-0.39, 0.29) is 25.5 Å². The second kappa shape index (κ2) is 14.4. The highest BCUT2D eigenvalue weighted by atomic mass is 31.2. The van der Waals surface area contributed by atoms with Gasteiger partial charge in [-0.2, -0.15) is 0 Å². The van der Waals surface area contributed by atoms with Crippen LogP contribution in [0, 0.1) is 0 Å². The lowest BCUT2D eigenvalue weighted by Crippen LogP contribution is -2.64. The van der Waals surface area contributed by atoms with Crippen LogP contribution < -0.4 is 10.6 Å². The number of phosphoric ester groups is 1. The van der Waals surface area contributed by atoms with Crippen LogP contribution in [-0.4, -0.2) is 84.6 Å². The van der Waals surface area contributed by atoms with Gasteiger partial charge in [-0.1, -0.05) is 11.5 Å². The van der Waals surface area contributed by atoms with Crippen molar-refractivity contribution in [3.8, 4) is 0 Å². The molecule has 0 aromatic carbocycles. The normalized spacial score (nSPS) is 27.1. The van der Waals surface area contributed by atoms with Crippen LogP contribution in [0.3, 0.4) is 0 Å². The summed E-state index contributed by atoms with van der Waals surface area (Å²) in [5.41, 5.74) is 8.45. The zero-order valence-corrected chi connectivity index (χ0v) is 18.7. The highest BCUT2D eigenvalue weighted by Crippen LogP contribution is 2.41. The molecule has 0 aliphatic carbocycles. The third kappa shape index (κ3) is 10.2. The monoisotopic (exact) mass is 483 g/mol. The Balaban J connectivity index is 2.39. The average molecular weight is 483 g/mol. The van der Waals surface area contributed by atoms with E-state index in [2.05, 4.69) is 29.7 Å². The molecule has 15 nitrogen and oxygen atoms in total. The summed E-state index contributed by atoms with van der Waals surface area (Å²) >= 11 is 0. The fraction of sp³-hybridized carbons (Fsp3) is 0.875. The second-order valence-corrected chi connectivity index (χ2v) is 8.43. The van der Waals surface area contributed by atoms with Crippen LogP contribution in [0.25, 0.3) is 10.4 Å². The van der Waals surface area contributed by atoms with Crippen molar-refractivity contribution < 1.29 is 47.8 Å². The minimum Gasteiger partial charge on any atom is -0.388 e. The van der Waals surface area contributed by atoms with Gasteiger partial charge in [-0.15, -0.1) is 0 Å². The Morgan fingerprint density at radius 2 is 1.97 bits per heavy atom. The van der Waals surface area contributed by atoms with Crippen LogP contribution in [0.5, 0.6) is 0 Å². The first kappa shape index (κ1) is 28.2. The fourth-order valence-corrected chi connectivity index (χ4v) is 3.16. The van der Waals surface area contributed by atoms with Crippen molar-refractivity contribution in [2.45, 2.75) is 63.3 Å². The van der Waals surface area contributed by atoms with Crippen molar-refractivity contribution in [1.29, 1.82) is 0 Å². The van der Waals surface area contributed by atoms with E-state index in [1.54, 1.807) is 0 Å². The highest BCUT2D eigenvalue weighted by Gasteiger charge is 2.45. The summed E-state index contributed by atoms with van der Waals surface area (Å²) in [4.78, 5) is 34.7. The third-order valence-corrected chi connectivity index (χ3v) is 5.37. The summed E-state index contributed by atoms with van der Waals surface area (Å²) in [6.45, 7) is 0.728. The van der Waals surface area contributed by atoms with E-state index in [0.717, 1.165) is 7.11 Å². The van der Waals surface area contributed by atoms with Crippen LogP contribution in [-0.2, 0) is 32.7 Å². The lowest BCUT2D eigenvalue weighted by Gasteiger charge is -2.42. The number of hydrogen-bond donors (Lipinski definition) is 5. The topological polar surface area (TPSA) is 222 Å². The molecule has 0 radical (unpaired) electrons. The number of nitrogens with one attached hydrogen (secondary N) is 2. The highest BCUT2D eigenvalue weighted by molar-refractivity contribution is 7.47. The number of rotatable bonds is 14. The lowest BCUT2D eigenvalue weighted by molar-refractivity contribution is -0.262. The zero-order valence-electron chi connectivity index (χ0n) is 17.8. The summed E-state index contributed by atoms with van der Waals surface area (Å²) in [5, 5.41) is 28.6. The molecule has 0 bridgehead atoms. The molecule has 0 aromatic rings. The van der Waals surface area contributed by atoms with Crippen LogP contribution >= 0.6 is 7.82 Å². The Labute approximate surface area is 184 Å². The standard InChI is InChI=1S/C16H30N5O10P/c1-10(22)20-13-15(25)14(24)11(8-19-21-17)31-16(13)29-7-5-3-4-6-12(23)18-9-30-32(26,27)28-2/h11,13-16,24-25H,3-9H2,1-2H3,(H,18,23)(H,20,22)(H,26,27). The molecular formula is C16H30N5O10P. The lowest BCUT2D eigenvalue weighted by atomic mass is 9.96. The van der Waals surface area contributed by atoms with Crippen molar-refractivity contribution in [3.63, 3.8) is 0 Å². The quantitative estimate of drug-likeness (QED) is 0.0540. The molecule has 1 heterocycles. The van der Waals surface area contributed by atoms with Gasteiger partial charge in [0.25, 0.3) is 0 Å². The van der Waals surface area contributed by atoms with Gasteiger partial charge in [0.1, 0.15) is 25.0 Å². The van der Waals surface area contributed by atoms with Crippen LogP contribution in [0.15, 0.2) is 5.11 Å². The third-order valence-electron chi connectivity index (χ3n) is 4.45. The first-order valence-electron chi connectivity index (χ1n) is 9.82. The maximum absolute atomic E-state index is 11.7. The predicted molar refractivity (Wildman–Crippen MR) is 108 cm³/mol. The molecule has 6 unspecified atom stereocenters. The smallest absolute Gasteiger partial charge is 0.388 e. The van der Waals surface area contributed by atoms with Gasteiger partial charge in [0, 0.05) is 32.0 Å². The van der Waals surface area contributed by atoms with Crippen molar-refractivity contribution >= 4 is 19.6 Å². The van der Waals surface area contributed by atoms with Gasteiger partial charge in [-0.25, -0.2) is 4.57 Å². The van der Waals surface area contributed by atoms with Crippen molar-refractivity contribution in [2.75, 3.05) is 27.0 Å². The van der Waals surface area contributed by atoms with Crippen LogP contribution in [0.4, 0.5) is 0 Å². The number of phosphoric acid groups is 1. The van der Waals surface area contributed by atoms with E-state index in [9.17, 15) is 24.4 Å². The van der Waals surface area contributed by atoms with Crippen molar-refractivity contribution in [1.82, 2.24) is 10.6 Å². The summed E-state index contributed by atoms with van der Waals surface area (Å²) < 4.78 is 30.9. The predicted octanol–water partition coefficient (Wildman–Crippen LogP) is -0.338. The molecule has 32 heavy (non-hydrogen) atoms. The van der Waals surface area contributed by atoms with E-state index < -0.39 is 51.1 Å². The minimum atomic E-state index is -4.14. The molecule has 1 aliphatic rings. The Bertz CT molecular complexity index is 707. The molecule has 5 N–H and O–H groups in total. The molecule has 1 aliphatic heterocycles. The molecule has 16 heteroatoms. The first-order valence-corrected chi connectivity index (χ1v) is 11.3. The Morgan fingerprint density at radius 3 is 2.59 bits per heavy atom. The van der Waals surface area contributed by atoms with Gasteiger partial charge in [-0.05, 0) is 18.4 Å². The Morgan fingerprint density at radius 1 is 1.25 bits per heavy atom. The summed E-state index contributed by atoms with van der Waals surface area (Å²) in [7, 11) is -3.14. The number of amides is 2. The number of unbranched alkanes of at least 4 members (excludes halogenated alkanes) is 2. The van der Waals surface area contributed by atoms with E-state index >= 15 is 0 Å². The van der Waals surface area contributed by atoms with Crippen molar-refractivity contribution in [3.05, 3.63) is 10.4 Å². The Hall–Kier alpha value is -1.80. The molecule has 1 saturated heterocycles. The number of nitrogens with zero attached hydrogens (tertiary/aromatic N) is 3. The molecule has 0 saturated carbocycles. The molecule has 6 atom stereocenters. The summed E-state index contributed by atoms with van der Waals surface area (Å²) in [6, 6.07) is -1.02. The summed E-state index contributed by atoms with van der Waals surface area (Å²) in [6.07, 6.45) is -3.10. The number of aliphatic hydroxyl groups excluding tert-OH is 2. The molecule has 184 valence electrons. The second-order valence-electron chi connectivity index (χ2n) is 6.87. The van der Waals surface area contributed by atoms with Gasteiger partial charge < -0.3 is 35.2 Å². The zero-order chi connectivity index (χ0) is 24.1. The number of hydrogen-bond acceptors (Lipinski definition) is 10. The van der Waals surface area contributed by atoms with Gasteiger partial charge in [0.2, 0.25) is 11.8 Å². The van der Waals surface area contributed by atoms with Crippen LogP contribution in [0.1, 0.15) is 32.6 Å². The number of carbonyl (C=O) groups is 2. The molecular weight excluding hydrogens is 453 g/mol. The Kier molecular flexibility index (Phi) is 12.7. The van der Waals surface area contributed by atoms with E-state index in [1.807, 2.05) is 0 Å². The van der Waals surface area contributed by atoms with Gasteiger partial charge in [0.05, 0.1) is 12.6 Å². The van der Waals surface area contributed by atoms with E-state index in [1.165, 1.54) is 6.92 Å². The number of carbonyl (C=O) groups excluding carboxylic acids is 2. The molecule has 0 spiro atoms. The van der Waals surface area contributed by atoms with E-state index in [4.69, 9.17) is 19.9 Å². The molecule has 2 amide bonds. The average Bonchev–Trinajstić information content (AvgIpc) is 2.74. The van der Waals surface area contributed by atoms with Gasteiger partial charge >= 0.3 is 7.82 Å². The number of ether oxygens (including phenoxy) is 2. The molecule has 1 rings (SSSR count). The van der Waals surface area contributed by atoms with Crippen LogP contribution in [0.2, 0.25) is 0 Å². The van der Waals surface area contributed by atoms with Crippen molar-refractivity contribution in [2.24, 2.45) is 5.11 Å². The largest absolute Gasteiger partial charge is 0.473 e.